The molecule has 1 aromatic heterocycles. The van der Waals surface area contributed by atoms with Gasteiger partial charge in [0.25, 0.3) is 13.4 Å². The zero-order valence-electron chi connectivity index (χ0n) is 64.3. The lowest BCUT2D eigenvalue weighted by Crippen LogP contribution is -2.61. The van der Waals surface area contributed by atoms with E-state index in [4.69, 9.17) is 0 Å². The van der Waals surface area contributed by atoms with Crippen molar-refractivity contribution in [3.8, 4) is 22.3 Å². The van der Waals surface area contributed by atoms with Gasteiger partial charge < -0.3 is 34.3 Å². The minimum absolute atomic E-state index is 0.163. The topological polar surface area (TPSA) is 22.7 Å². The van der Waals surface area contributed by atoms with Gasteiger partial charge in [-0.05, 0) is 198 Å². The van der Waals surface area contributed by atoms with Crippen LogP contribution in [0.1, 0.15) is 111 Å². The summed E-state index contributed by atoms with van der Waals surface area (Å²) >= 11 is 2.07. The summed E-state index contributed by atoms with van der Waals surface area (Å²) in [5.41, 5.74) is 40.3. The molecule has 0 bridgehead atoms. The van der Waals surface area contributed by atoms with Crippen LogP contribution in [0.3, 0.4) is 0 Å². The Morgan fingerprint density at radius 3 is 1.17 bits per heavy atom. The van der Waals surface area contributed by atoms with Crippen molar-refractivity contribution in [1.82, 2.24) is 0 Å². The maximum Gasteiger partial charge on any atom is 0.264 e. The molecule has 7 aliphatic rings. The van der Waals surface area contributed by atoms with Crippen molar-refractivity contribution < 1.29 is 0 Å². The molecular weight excluding hydrogens is 1340 g/mol. The highest BCUT2D eigenvalue weighted by atomic mass is 32.1. The fourth-order valence-corrected chi connectivity index (χ4v) is 20.6. The molecule has 21 rings (SSSR count). The summed E-state index contributed by atoms with van der Waals surface area (Å²) in [6.07, 6.45) is 0. The molecule has 8 heterocycles. The fourth-order valence-electron chi connectivity index (χ4n) is 19.1. The molecule has 13 aromatic carbocycles. The van der Waals surface area contributed by atoms with Crippen LogP contribution in [-0.2, 0) is 21.7 Å². The average Bonchev–Trinajstić information content (AvgIpc) is 1.61. The Hall–Kier alpha value is -11.7. The summed E-state index contributed by atoms with van der Waals surface area (Å²) < 4.78 is 2.70. The first-order chi connectivity index (χ1) is 52.6. The number of anilines is 21. The van der Waals surface area contributed by atoms with Crippen LogP contribution >= 0.6 is 11.3 Å². The van der Waals surface area contributed by atoms with Crippen LogP contribution in [0.25, 0.3) is 22.3 Å². The summed E-state index contributed by atoms with van der Waals surface area (Å²) in [4.78, 5) is 18.8. The largest absolute Gasteiger partial charge is 0.310 e. The van der Waals surface area contributed by atoms with Crippen molar-refractivity contribution in [2.24, 2.45) is 0 Å². The zero-order chi connectivity index (χ0) is 74.2. The third-order valence-electron chi connectivity index (χ3n) is 24.0. The number of rotatable bonds is 7. The van der Waals surface area contributed by atoms with E-state index >= 15 is 0 Å². The van der Waals surface area contributed by atoms with E-state index in [0.29, 0.717) is 0 Å². The quantitative estimate of drug-likeness (QED) is 0.147. The molecule has 14 aromatic rings. The fraction of sp³-hybridized carbons (Fsp3) is 0.172. The first-order valence-corrected chi connectivity index (χ1v) is 39.6. The van der Waals surface area contributed by atoms with Crippen molar-refractivity contribution in [3.63, 3.8) is 0 Å². The summed E-state index contributed by atoms with van der Waals surface area (Å²) in [5.74, 6) is 0. The molecule has 0 atom stereocenters. The molecule has 0 unspecified atom stereocenters. The Bertz CT molecular complexity index is 6110. The Morgan fingerprint density at radius 1 is 0.275 bits per heavy atom. The molecule has 7 nitrogen and oxygen atoms in total. The first kappa shape index (κ1) is 65.6. The molecule has 0 N–H and O–H groups in total. The Labute approximate surface area is 646 Å². The molecule has 7 aliphatic heterocycles. The Balaban J connectivity index is 0.926. The number of thiophene rings is 1. The normalized spacial score (nSPS) is 14.3. The highest BCUT2D eigenvalue weighted by Gasteiger charge is 2.57. The average molecular weight is 1430 g/mol. The molecule has 10 heteroatoms. The lowest BCUT2D eigenvalue weighted by molar-refractivity contribution is 0.568. The monoisotopic (exact) mass is 1430 g/mol. The van der Waals surface area contributed by atoms with E-state index in [0.717, 1.165) is 45.5 Å². The zero-order valence-corrected chi connectivity index (χ0v) is 65.1. The first-order valence-electron chi connectivity index (χ1n) is 38.8. The van der Waals surface area contributed by atoms with Crippen molar-refractivity contribution in [2.45, 2.75) is 112 Å². The Kier molecular flexibility index (Phi) is 13.9. The molecular formula is C99H85B2N7S. The minimum Gasteiger partial charge on any atom is -0.310 e. The number of benzene rings is 13. The van der Waals surface area contributed by atoms with Crippen LogP contribution in [0.5, 0.6) is 0 Å². The Morgan fingerprint density at radius 2 is 0.679 bits per heavy atom. The second kappa shape index (κ2) is 23.2. The molecule has 0 amide bonds. The number of fused-ring (bicyclic) bond motifs is 15. The van der Waals surface area contributed by atoms with Crippen molar-refractivity contribution in [2.75, 3.05) is 34.3 Å². The summed E-state index contributed by atoms with van der Waals surface area (Å²) in [6, 6.07) is 107. The lowest BCUT2D eigenvalue weighted by Gasteiger charge is -2.52. The van der Waals surface area contributed by atoms with Crippen LogP contribution in [0.2, 0.25) is 0 Å². The van der Waals surface area contributed by atoms with Gasteiger partial charge in [0, 0.05) is 60.6 Å². The van der Waals surface area contributed by atoms with E-state index in [2.05, 4.69) is 415 Å². The van der Waals surface area contributed by atoms with Crippen LogP contribution < -0.4 is 65.7 Å². The smallest absolute Gasteiger partial charge is 0.264 e. The maximum atomic E-state index is 2.75. The number of hydrogen-bond acceptors (Lipinski definition) is 8. The predicted octanol–water partition coefficient (Wildman–Crippen LogP) is 24.1. The standard InChI is InChI=1S/C99H85B2N7S/c1-60-50-78-85-79(51-60)108-84-57-65(97(5,6)7)55-73(99(11,12)13)89(84)104(69-44-30-19-31-45-69)87-71(62-36-22-15-23-37-62)48-49-74(91(87)108)100(85)94-92-93-95(109-94)101-75-52-63(61-34-20-14-21-35-61)53-82-90(75)107(83-56-64(96(2,3)4)54-72(98(8,9)10)88(83)103(82)68-42-28-18-29-43-68)81-59-70(102(66-38-24-16-25-39-66)67-40-26-17-27-41-67)58-80(86(81)101)106(93)77-47-33-32-46-76(77)105(78)92/h14-59H,1-13H3. The van der Waals surface area contributed by atoms with Gasteiger partial charge in [0.15, 0.2) is 0 Å². The van der Waals surface area contributed by atoms with Crippen LogP contribution in [0.4, 0.5) is 119 Å². The van der Waals surface area contributed by atoms with Crippen LogP contribution in [-0.4, -0.2) is 13.4 Å². The molecule has 0 aliphatic carbocycles. The second-order valence-corrected chi connectivity index (χ2v) is 36.1. The van der Waals surface area contributed by atoms with Crippen molar-refractivity contribution in [1.29, 1.82) is 0 Å². The molecule has 0 spiro atoms. The molecule has 528 valence electrons. The van der Waals surface area contributed by atoms with Gasteiger partial charge in [-0.25, -0.2) is 0 Å². The third kappa shape index (κ3) is 9.49. The van der Waals surface area contributed by atoms with E-state index in [1.165, 1.54) is 155 Å². The summed E-state index contributed by atoms with van der Waals surface area (Å²) in [7, 11) is 0. The van der Waals surface area contributed by atoms with E-state index < -0.39 is 0 Å². The molecule has 109 heavy (non-hydrogen) atoms. The van der Waals surface area contributed by atoms with E-state index in [1.54, 1.807) is 0 Å². The van der Waals surface area contributed by atoms with Gasteiger partial charge in [-0.3, -0.25) is 0 Å². The van der Waals surface area contributed by atoms with Crippen LogP contribution in [0.15, 0.2) is 279 Å². The van der Waals surface area contributed by atoms with Gasteiger partial charge >= 0.3 is 0 Å². The van der Waals surface area contributed by atoms with E-state index in [9.17, 15) is 0 Å². The van der Waals surface area contributed by atoms with E-state index in [-0.39, 0.29) is 35.1 Å². The van der Waals surface area contributed by atoms with Gasteiger partial charge in [-0.15, -0.1) is 0 Å². The predicted molar refractivity (Wildman–Crippen MR) is 467 cm³/mol. The molecule has 0 radical (unpaired) electrons. The van der Waals surface area contributed by atoms with Gasteiger partial charge in [-0.2, -0.15) is 11.3 Å². The highest BCUT2D eigenvalue weighted by Crippen LogP contribution is 2.66. The number of aryl methyl sites for hydroxylation is 1. The van der Waals surface area contributed by atoms with Crippen molar-refractivity contribution >= 4 is 176 Å². The summed E-state index contributed by atoms with van der Waals surface area (Å²) in [6.45, 7) is 30.7. The number of hydrogen-bond donors (Lipinski definition) is 0. The van der Waals surface area contributed by atoms with Crippen LogP contribution in [0, 0.1) is 6.92 Å². The van der Waals surface area contributed by atoms with Gasteiger partial charge in [0.05, 0.1) is 73.9 Å². The van der Waals surface area contributed by atoms with Gasteiger partial charge in [-0.1, -0.05) is 259 Å². The molecule has 0 saturated carbocycles. The maximum absolute atomic E-state index is 2.75. The second-order valence-electron chi connectivity index (χ2n) is 35.0. The summed E-state index contributed by atoms with van der Waals surface area (Å²) in [5, 5.41) is 0. The lowest BCUT2D eigenvalue weighted by atomic mass is 9.34. The number of para-hydroxylation sites is 6. The highest BCUT2D eigenvalue weighted by molar-refractivity contribution is 7.39. The van der Waals surface area contributed by atoms with E-state index in [1.807, 2.05) is 0 Å². The third-order valence-corrected chi connectivity index (χ3v) is 25.3. The van der Waals surface area contributed by atoms with Crippen molar-refractivity contribution in [3.05, 3.63) is 307 Å². The SMILES string of the molecule is Cc1cc2c3c(c1)N1c4ccccc4N4c5cc(N(c6ccccc6)c6ccccc6)cc6c5B(c5cc(-c7ccccc7)cc7c5N6c5cc(C(C)(C)C)cc(C(C)(C)C)c5N7c5ccccc5)c5sc(c1c54)B3c1ccc(-c3ccccc3)c3c1N2c1cc(C(C)(C)C)cc(C(C)(C)C)c1N3c1ccccc1. The number of nitrogens with zero attached hydrogens (tertiary/aromatic N) is 7. The van der Waals surface area contributed by atoms with Gasteiger partial charge in [0.1, 0.15) is 0 Å². The molecule has 0 saturated heterocycles. The minimum atomic E-state index is -0.276. The van der Waals surface area contributed by atoms with Gasteiger partial charge in [0.2, 0.25) is 0 Å². The molecule has 0 fully saturated rings.